The molecule has 1 amide bonds. The third-order valence-corrected chi connectivity index (χ3v) is 8.54. The number of carbonyl (C=O) groups is 1. The minimum Gasteiger partial charge on any atom is -0.496 e. The number of halogens is 1. The first-order chi connectivity index (χ1) is 19.0. The van der Waals surface area contributed by atoms with Crippen molar-refractivity contribution >= 4 is 23.4 Å². The number of nitrogens with zero attached hydrogens (tertiary/aromatic N) is 1. The summed E-state index contributed by atoms with van der Waals surface area (Å²) in [5.41, 5.74) is 5.00. The normalized spacial score (nSPS) is 20.3. The van der Waals surface area contributed by atoms with E-state index in [1.54, 1.807) is 13.3 Å². The Labute approximate surface area is 233 Å². The molecule has 2 aromatic carbocycles. The van der Waals surface area contributed by atoms with E-state index in [0.717, 1.165) is 74.9 Å². The van der Waals surface area contributed by atoms with Crippen molar-refractivity contribution in [3.05, 3.63) is 65.4 Å². The Bertz CT molecular complexity index is 1130. The van der Waals surface area contributed by atoms with Gasteiger partial charge < -0.3 is 20.4 Å². The molecule has 2 aromatic rings. The summed E-state index contributed by atoms with van der Waals surface area (Å²) in [6.07, 6.45) is 12.8. The van der Waals surface area contributed by atoms with Gasteiger partial charge >= 0.3 is 0 Å². The molecule has 0 spiro atoms. The van der Waals surface area contributed by atoms with Crippen molar-refractivity contribution < 1.29 is 13.9 Å². The number of anilines is 1. The first-order valence-electron chi connectivity index (χ1n) is 14.6. The molecule has 2 aliphatic carbocycles. The third kappa shape index (κ3) is 7.49. The molecule has 6 heteroatoms. The van der Waals surface area contributed by atoms with Crippen LogP contribution in [-0.2, 0) is 4.79 Å². The quantitative estimate of drug-likeness (QED) is 0.233. The molecule has 210 valence electrons. The van der Waals surface area contributed by atoms with Gasteiger partial charge in [0.15, 0.2) is 0 Å². The summed E-state index contributed by atoms with van der Waals surface area (Å²) < 4.78 is 18.0. The minimum atomic E-state index is -0.466. The molecule has 0 aromatic heterocycles. The number of allylic oxidation sites excluding steroid dienone is 1. The van der Waals surface area contributed by atoms with Gasteiger partial charge in [-0.25, -0.2) is 4.39 Å². The van der Waals surface area contributed by atoms with Crippen LogP contribution < -0.4 is 15.0 Å². The number of nitrogens with one attached hydrogen (secondary N) is 2. The van der Waals surface area contributed by atoms with Crippen molar-refractivity contribution in [3.8, 4) is 5.75 Å². The van der Waals surface area contributed by atoms with Crippen LogP contribution in [0.3, 0.4) is 0 Å². The number of alkyl halides is 1. The van der Waals surface area contributed by atoms with E-state index < -0.39 is 6.67 Å². The van der Waals surface area contributed by atoms with Gasteiger partial charge in [-0.15, -0.1) is 0 Å². The minimum absolute atomic E-state index is 0.0880. The second kappa shape index (κ2) is 14.3. The van der Waals surface area contributed by atoms with Crippen LogP contribution in [-0.4, -0.2) is 39.0 Å². The molecule has 0 unspecified atom stereocenters. The van der Waals surface area contributed by atoms with Crippen LogP contribution in [0.15, 0.2) is 48.7 Å². The first kappa shape index (κ1) is 28.8. The van der Waals surface area contributed by atoms with Crippen LogP contribution in [0.5, 0.6) is 5.75 Å². The highest BCUT2D eigenvalue weighted by Gasteiger charge is 2.31. The zero-order valence-electron chi connectivity index (χ0n) is 23.6. The Morgan fingerprint density at radius 3 is 2.51 bits per heavy atom. The number of benzene rings is 2. The first-order valence-corrected chi connectivity index (χ1v) is 14.6. The largest absolute Gasteiger partial charge is 0.496 e. The number of methoxy groups -OCH3 is 1. The summed E-state index contributed by atoms with van der Waals surface area (Å²) in [6.45, 7) is 2.58. The fourth-order valence-electron chi connectivity index (χ4n) is 6.28. The van der Waals surface area contributed by atoms with Crippen LogP contribution in [0.4, 0.5) is 10.1 Å². The number of carbonyl (C=O) groups excluding carboxylic acids is 1. The van der Waals surface area contributed by atoms with Crippen molar-refractivity contribution in [2.75, 3.05) is 31.8 Å². The maximum Gasteiger partial charge on any atom is 0.230 e. The highest BCUT2D eigenvalue weighted by atomic mass is 19.1. The summed E-state index contributed by atoms with van der Waals surface area (Å²) in [7, 11) is 1.72. The Morgan fingerprint density at radius 2 is 1.85 bits per heavy atom. The van der Waals surface area contributed by atoms with E-state index in [1.807, 2.05) is 29.2 Å². The molecule has 0 saturated heterocycles. The van der Waals surface area contributed by atoms with E-state index in [2.05, 4.69) is 30.4 Å². The number of aryl methyl sites for hydroxylation is 1. The number of hydrogen-bond donors (Lipinski definition) is 2. The molecule has 0 radical (unpaired) electrons. The van der Waals surface area contributed by atoms with E-state index in [4.69, 9.17) is 10.1 Å². The standard InChI is InChI=1S/C33H44FN3O2/c1-24-19-29(15-16-32(24)39-2)26-13-11-25(12-14-26)23-37(33(38)27-7-4-3-5-8-27)31-10-6-9-28(20-31)30(21-35)22-36-18-17-34/h6,9-10,15-16,19-22,25-27,35-36H,3-5,7-8,11-14,17-18,23H2,1-2H3/b30-22+,35-21?. The topological polar surface area (TPSA) is 65.4 Å². The second-order valence-electron chi connectivity index (χ2n) is 11.2. The summed E-state index contributed by atoms with van der Waals surface area (Å²) in [4.78, 5) is 16.0. The van der Waals surface area contributed by atoms with Gasteiger partial charge in [0, 0.05) is 42.7 Å². The SMILES string of the molecule is COc1ccc(C2CCC(CN(C(=O)C3CCCCC3)c3cccc(/C(C=N)=C/NCCF)c3)CC2)cc1C. The zero-order valence-corrected chi connectivity index (χ0v) is 23.6. The fourth-order valence-corrected chi connectivity index (χ4v) is 6.28. The molecule has 5 nitrogen and oxygen atoms in total. The van der Waals surface area contributed by atoms with E-state index in [9.17, 15) is 9.18 Å². The molecule has 0 heterocycles. The fraction of sp³-hybridized carbons (Fsp3) is 0.515. The van der Waals surface area contributed by atoms with Crippen molar-refractivity contribution in [2.24, 2.45) is 11.8 Å². The van der Waals surface area contributed by atoms with E-state index in [1.165, 1.54) is 23.8 Å². The average molecular weight is 534 g/mol. The van der Waals surface area contributed by atoms with E-state index in [-0.39, 0.29) is 18.4 Å². The van der Waals surface area contributed by atoms with Crippen LogP contribution >= 0.6 is 0 Å². The summed E-state index contributed by atoms with van der Waals surface area (Å²) >= 11 is 0. The van der Waals surface area contributed by atoms with E-state index >= 15 is 0 Å². The van der Waals surface area contributed by atoms with Gasteiger partial charge in [-0.05, 0) is 92.2 Å². The number of ether oxygens (including phenoxy) is 1. The Morgan fingerprint density at radius 1 is 1.08 bits per heavy atom. The lowest BCUT2D eigenvalue weighted by molar-refractivity contribution is -0.123. The lowest BCUT2D eigenvalue weighted by atomic mass is 9.78. The maximum atomic E-state index is 13.9. The van der Waals surface area contributed by atoms with Gasteiger partial charge in [-0.2, -0.15) is 0 Å². The van der Waals surface area contributed by atoms with Crippen molar-refractivity contribution in [3.63, 3.8) is 0 Å². The molecular formula is C33H44FN3O2. The number of hydrogen-bond acceptors (Lipinski definition) is 4. The molecule has 39 heavy (non-hydrogen) atoms. The molecule has 0 bridgehead atoms. The molecule has 2 N–H and O–H groups in total. The predicted octanol–water partition coefficient (Wildman–Crippen LogP) is 7.44. The summed E-state index contributed by atoms with van der Waals surface area (Å²) in [5.74, 6) is 2.28. The molecule has 0 atom stereocenters. The average Bonchev–Trinajstić information content (AvgIpc) is 2.98. The monoisotopic (exact) mass is 533 g/mol. The molecule has 4 rings (SSSR count). The smallest absolute Gasteiger partial charge is 0.230 e. The lowest BCUT2D eigenvalue weighted by Gasteiger charge is -2.35. The Kier molecular flexibility index (Phi) is 10.6. The number of amides is 1. The van der Waals surface area contributed by atoms with Gasteiger partial charge in [0.25, 0.3) is 0 Å². The maximum absolute atomic E-state index is 13.9. The van der Waals surface area contributed by atoms with E-state index in [0.29, 0.717) is 17.4 Å². The lowest BCUT2D eigenvalue weighted by Crippen LogP contribution is -2.41. The van der Waals surface area contributed by atoms with Crippen LogP contribution in [0, 0.1) is 24.2 Å². The summed E-state index contributed by atoms with van der Waals surface area (Å²) in [6, 6.07) is 14.5. The molecule has 0 aliphatic heterocycles. The van der Waals surface area contributed by atoms with Gasteiger partial charge in [-0.3, -0.25) is 4.79 Å². The van der Waals surface area contributed by atoms with Crippen molar-refractivity contribution in [2.45, 2.75) is 70.6 Å². The van der Waals surface area contributed by atoms with Gasteiger partial charge in [0.05, 0.1) is 7.11 Å². The van der Waals surface area contributed by atoms with Gasteiger partial charge in [0.1, 0.15) is 12.4 Å². The van der Waals surface area contributed by atoms with Gasteiger partial charge in [0.2, 0.25) is 5.91 Å². The molecular weight excluding hydrogens is 489 g/mol. The van der Waals surface area contributed by atoms with Crippen LogP contribution in [0.1, 0.15) is 80.4 Å². The molecule has 2 saturated carbocycles. The Hall–Kier alpha value is -3.15. The zero-order chi connectivity index (χ0) is 27.6. The second-order valence-corrected chi connectivity index (χ2v) is 11.2. The third-order valence-electron chi connectivity index (χ3n) is 8.54. The van der Waals surface area contributed by atoms with Crippen molar-refractivity contribution in [1.29, 1.82) is 5.41 Å². The molecule has 2 aliphatic rings. The molecule has 2 fully saturated rings. The Balaban J connectivity index is 1.51. The van der Waals surface area contributed by atoms with Gasteiger partial charge in [-0.1, -0.05) is 43.5 Å². The van der Waals surface area contributed by atoms with Crippen LogP contribution in [0.2, 0.25) is 0 Å². The van der Waals surface area contributed by atoms with Crippen molar-refractivity contribution in [1.82, 2.24) is 5.32 Å². The summed E-state index contributed by atoms with van der Waals surface area (Å²) in [5, 5.41) is 10.8. The predicted molar refractivity (Wildman–Crippen MR) is 159 cm³/mol. The number of rotatable bonds is 11. The highest BCUT2D eigenvalue weighted by Crippen LogP contribution is 2.38. The highest BCUT2D eigenvalue weighted by molar-refractivity contribution is 6.08. The van der Waals surface area contributed by atoms with Crippen LogP contribution in [0.25, 0.3) is 5.57 Å².